The average Bonchev–Trinajstić information content (AvgIpc) is 3.34. The average molecular weight is 398 g/mol. The van der Waals surface area contributed by atoms with Crippen LogP contribution in [0.1, 0.15) is 36.7 Å². The van der Waals surface area contributed by atoms with Crippen LogP contribution in [0.15, 0.2) is 53.1 Å². The summed E-state index contributed by atoms with van der Waals surface area (Å²) in [5.74, 6) is 1.74. The molecular formula is C21H20ClN3O3. The molecule has 2 atom stereocenters. The van der Waals surface area contributed by atoms with Gasteiger partial charge in [-0.2, -0.15) is 4.98 Å². The van der Waals surface area contributed by atoms with Gasteiger partial charge >= 0.3 is 0 Å². The van der Waals surface area contributed by atoms with Gasteiger partial charge in [-0.05, 0) is 42.8 Å². The van der Waals surface area contributed by atoms with Crippen LogP contribution in [0.2, 0.25) is 5.02 Å². The lowest BCUT2D eigenvalue weighted by atomic mass is 10.1. The summed E-state index contributed by atoms with van der Waals surface area (Å²) in [5.41, 5.74) is 1.82. The Morgan fingerprint density at radius 1 is 1.25 bits per heavy atom. The lowest BCUT2D eigenvalue weighted by Crippen LogP contribution is -2.28. The van der Waals surface area contributed by atoms with Crippen LogP contribution in [0.3, 0.4) is 0 Å². The summed E-state index contributed by atoms with van der Waals surface area (Å²) in [6.07, 6.45) is 0.370. The molecule has 0 bridgehead atoms. The molecule has 0 radical (unpaired) electrons. The van der Waals surface area contributed by atoms with Crippen LogP contribution in [0, 0.1) is 0 Å². The Hall–Kier alpha value is -2.86. The lowest BCUT2D eigenvalue weighted by molar-refractivity contribution is -0.129. The number of ether oxygens (including phenoxy) is 1. The van der Waals surface area contributed by atoms with Crippen LogP contribution in [0.4, 0.5) is 0 Å². The largest absolute Gasteiger partial charge is 0.497 e. The van der Waals surface area contributed by atoms with Crippen LogP contribution in [-0.4, -0.2) is 34.6 Å². The molecule has 28 heavy (non-hydrogen) atoms. The van der Waals surface area contributed by atoms with E-state index in [4.69, 9.17) is 20.9 Å². The molecule has 4 rings (SSSR count). The molecule has 1 fully saturated rings. The molecule has 0 aliphatic carbocycles. The molecule has 1 aliphatic heterocycles. The predicted molar refractivity (Wildman–Crippen MR) is 105 cm³/mol. The highest BCUT2D eigenvalue weighted by Crippen LogP contribution is 2.34. The van der Waals surface area contributed by atoms with E-state index in [-0.39, 0.29) is 17.9 Å². The predicted octanol–water partition coefficient (Wildman–Crippen LogP) is 4.48. The maximum atomic E-state index is 12.6. The van der Waals surface area contributed by atoms with Crippen molar-refractivity contribution < 1.29 is 14.1 Å². The van der Waals surface area contributed by atoms with Crippen LogP contribution in [0.5, 0.6) is 5.75 Å². The van der Waals surface area contributed by atoms with Gasteiger partial charge in [0, 0.05) is 29.5 Å². The highest BCUT2D eigenvalue weighted by Gasteiger charge is 2.36. The van der Waals surface area contributed by atoms with E-state index in [1.165, 1.54) is 0 Å². The van der Waals surface area contributed by atoms with E-state index in [1.54, 1.807) is 19.2 Å². The summed E-state index contributed by atoms with van der Waals surface area (Å²) in [5, 5.41) is 4.71. The third kappa shape index (κ3) is 3.60. The molecule has 0 saturated carbocycles. The van der Waals surface area contributed by atoms with Crippen molar-refractivity contribution in [3.8, 4) is 17.2 Å². The monoisotopic (exact) mass is 397 g/mol. The van der Waals surface area contributed by atoms with E-state index in [0.29, 0.717) is 29.7 Å². The second-order valence-electron chi connectivity index (χ2n) is 6.86. The maximum absolute atomic E-state index is 12.6. The van der Waals surface area contributed by atoms with E-state index in [2.05, 4.69) is 10.1 Å². The first-order chi connectivity index (χ1) is 13.5. The molecule has 2 aromatic carbocycles. The summed E-state index contributed by atoms with van der Waals surface area (Å²) in [7, 11) is 1.63. The van der Waals surface area contributed by atoms with Gasteiger partial charge in [0.25, 0.3) is 5.89 Å². The number of benzene rings is 2. The van der Waals surface area contributed by atoms with Crippen molar-refractivity contribution in [1.29, 1.82) is 0 Å². The molecule has 6 nitrogen and oxygen atoms in total. The summed E-state index contributed by atoms with van der Waals surface area (Å²) in [6.45, 7) is 2.58. The minimum Gasteiger partial charge on any atom is -0.497 e. The van der Waals surface area contributed by atoms with Gasteiger partial charge in [0.15, 0.2) is 5.82 Å². The van der Waals surface area contributed by atoms with Crippen molar-refractivity contribution in [3.05, 3.63) is 64.9 Å². The Labute approximate surface area is 168 Å². The number of methoxy groups -OCH3 is 1. The van der Waals surface area contributed by atoms with Gasteiger partial charge in [-0.1, -0.05) is 35.0 Å². The summed E-state index contributed by atoms with van der Waals surface area (Å²) in [4.78, 5) is 19.0. The molecule has 144 valence electrons. The van der Waals surface area contributed by atoms with Crippen molar-refractivity contribution in [1.82, 2.24) is 15.0 Å². The molecular weight excluding hydrogens is 378 g/mol. The van der Waals surface area contributed by atoms with E-state index in [1.807, 2.05) is 48.2 Å². The Morgan fingerprint density at radius 3 is 2.75 bits per heavy atom. The second-order valence-corrected chi connectivity index (χ2v) is 7.30. The van der Waals surface area contributed by atoms with Gasteiger partial charge < -0.3 is 14.2 Å². The lowest BCUT2D eigenvalue weighted by Gasteiger charge is -2.25. The number of likely N-dealkylation sites (tertiary alicyclic amines) is 1. The first kappa shape index (κ1) is 18.5. The molecule has 0 spiro atoms. The minimum atomic E-state index is -0.0927. The van der Waals surface area contributed by atoms with Gasteiger partial charge in [-0.15, -0.1) is 0 Å². The molecule has 3 aromatic rings. The standard InChI is InChI=1S/C21H20ClN3O3/c1-13(14-6-8-18(27-2)9-7-14)25-12-16(11-19(25)26)20-23-21(28-24-20)15-4-3-5-17(22)10-15/h3-10,13,16H,11-12H2,1-2H3. The van der Waals surface area contributed by atoms with Crippen molar-refractivity contribution in [2.24, 2.45) is 0 Å². The topological polar surface area (TPSA) is 68.5 Å². The number of carbonyl (C=O) groups excluding carboxylic acids is 1. The quantitative estimate of drug-likeness (QED) is 0.635. The fourth-order valence-electron chi connectivity index (χ4n) is 3.48. The zero-order valence-corrected chi connectivity index (χ0v) is 16.4. The number of carbonyl (C=O) groups is 1. The van der Waals surface area contributed by atoms with Crippen LogP contribution >= 0.6 is 11.6 Å². The zero-order chi connectivity index (χ0) is 19.7. The number of halogens is 1. The Balaban J connectivity index is 1.50. The smallest absolute Gasteiger partial charge is 0.257 e. The summed E-state index contributed by atoms with van der Waals surface area (Å²) in [6, 6.07) is 15.0. The van der Waals surface area contributed by atoms with Crippen molar-refractivity contribution >= 4 is 17.5 Å². The number of amides is 1. The maximum Gasteiger partial charge on any atom is 0.257 e. The number of hydrogen-bond acceptors (Lipinski definition) is 5. The molecule has 1 saturated heterocycles. The van der Waals surface area contributed by atoms with Crippen molar-refractivity contribution in [2.75, 3.05) is 13.7 Å². The van der Waals surface area contributed by atoms with Gasteiger partial charge in [0.2, 0.25) is 5.91 Å². The SMILES string of the molecule is COc1ccc(C(C)N2CC(c3noc(-c4cccc(Cl)c4)n3)CC2=O)cc1. The number of nitrogens with zero attached hydrogens (tertiary/aromatic N) is 3. The summed E-state index contributed by atoms with van der Waals surface area (Å²) >= 11 is 6.03. The molecule has 2 unspecified atom stereocenters. The fourth-order valence-corrected chi connectivity index (χ4v) is 3.67. The van der Waals surface area contributed by atoms with Crippen LogP contribution in [-0.2, 0) is 4.79 Å². The second kappa shape index (κ2) is 7.64. The van der Waals surface area contributed by atoms with E-state index in [9.17, 15) is 4.79 Å². The molecule has 2 heterocycles. The molecule has 1 aromatic heterocycles. The van der Waals surface area contributed by atoms with Crippen molar-refractivity contribution in [2.45, 2.75) is 25.3 Å². The van der Waals surface area contributed by atoms with E-state index < -0.39 is 0 Å². The third-order valence-electron chi connectivity index (χ3n) is 5.10. The molecule has 1 amide bonds. The van der Waals surface area contributed by atoms with E-state index >= 15 is 0 Å². The molecule has 7 heteroatoms. The third-order valence-corrected chi connectivity index (χ3v) is 5.34. The Bertz CT molecular complexity index is 987. The highest BCUT2D eigenvalue weighted by atomic mass is 35.5. The first-order valence-corrected chi connectivity index (χ1v) is 9.46. The first-order valence-electron chi connectivity index (χ1n) is 9.08. The Kier molecular flexibility index (Phi) is 5.05. The van der Waals surface area contributed by atoms with Gasteiger partial charge in [-0.3, -0.25) is 4.79 Å². The van der Waals surface area contributed by atoms with Gasteiger partial charge in [0.05, 0.1) is 13.2 Å². The van der Waals surface area contributed by atoms with Crippen LogP contribution in [0.25, 0.3) is 11.5 Å². The highest BCUT2D eigenvalue weighted by molar-refractivity contribution is 6.30. The number of aromatic nitrogens is 2. The number of rotatable bonds is 5. The van der Waals surface area contributed by atoms with Gasteiger partial charge in [0.1, 0.15) is 5.75 Å². The van der Waals surface area contributed by atoms with E-state index in [0.717, 1.165) is 16.9 Å². The summed E-state index contributed by atoms with van der Waals surface area (Å²) < 4.78 is 10.6. The van der Waals surface area contributed by atoms with Crippen molar-refractivity contribution in [3.63, 3.8) is 0 Å². The fraction of sp³-hybridized carbons (Fsp3) is 0.286. The zero-order valence-electron chi connectivity index (χ0n) is 15.6. The molecule has 0 N–H and O–H groups in total. The van der Waals surface area contributed by atoms with Crippen LogP contribution < -0.4 is 4.74 Å². The Morgan fingerprint density at radius 2 is 2.04 bits per heavy atom. The van der Waals surface area contributed by atoms with Gasteiger partial charge in [-0.25, -0.2) is 0 Å². The molecule has 1 aliphatic rings. The minimum absolute atomic E-state index is 0.0392. The normalized spacial score (nSPS) is 17.8. The number of hydrogen-bond donors (Lipinski definition) is 0.